The van der Waals surface area contributed by atoms with Crippen LogP contribution < -0.4 is 5.32 Å². The third-order valence-corrected chi connectivity index (χ3v) is 7.00. The van der Waals surface area contributed by atoms with E-state index in [0.29, 0.717) is 12.1 Å². The summed E-state index contributed by atoms with van der Waals surface area (Å²) in [6, 6.07) is 36.4. The normalized spacial score (nSPS) is 14.3. The first-order chi connectivity index (χ1) is 18.5. The fourth-order valence-electron chi connectivity index (χ4n) is 4.94. The van der Waals surface area contributed by atoms with Crippen molar-refractivity contribution >= 4 is 17.8 Å². The van der Waals surface area contributed by atoms with Crippen molar-refractivity contribution in [2.24, 2.45) is 0 Å². The van der Waals surface area contributed by atoms with E-state index in [1.54, 1.807) is 18.0 Å². The largest absolute Gasteiger partial charge is 0.341 e. The molecule has 4 aromatic rings. The van der Waals surface area contributed by atoms with Gasteiger partial charge in [0.05, 0.1) is 6.54 Å². The van der Waals surface area contributed by atoms with Gasteiger partial charge in [0.15, 0.2) is 11.5 Å². The highest BCUT2D eigenvalue weighted by atomic mass is 16.2. The van der Waals surface area contributed by atoms with Crippen LogP contribution in [-0.2, 0) is 23.3 Å². The molecule has 0 aromatic heterocycles. The van der Waals surface area contributed by atoms with E-state index >= 15 is 0 Å². The molecule has 5 rings (SSSR count). The minimum absolute atomic E-state index is 0.0272. The summed E-state index contributed by atoms with van der Waals surface area (Å²) in [4.78, 5) is 30.3. The summed E-state index contributed by atoms with van der Waals surface area (Å²) >= 11 is 0. The first-order valence-electron chi connectivity index (χ1n) is 12.7. The van der Waals surface area contributed by atoms with Crippen molar-refractivity contribution in [3.05, 3.63) is 143 Å². The van der Waals surface area contributed by atoms with E-state index in [0.717, 1.165) is 23.1 Å². The first kappa shape index (κ1) is 25.0. The Hall–Kier alpha value is -4.71. The number of nitrogens with one attached hydrogen (secondary N) is 2. The van der Waals surface area contributed by atoms with Crippen molar-refractivity contribution in [3.63, 3.8) is 0 Å². The van der Waals surface area contributed by atoms with Crippen LogP contribution in [0.1, 0.15) is 32.6 Å². The van der Waals surface area contributed by atoms with Crippen LogP contribution in [-0.4, -0.2) is 41.2 Å². The summed E-state index contributed by atoms with van der Waals surface area (Å²) in [5.74, 6) is -0.275. The lowest BCUT2D eigenvalue weighted by atomic mass is 9.82. The van der Waals surface area contributed by atoms with Crippen LogP contribution in [0.15, 0.2) is 115 Å². The molecule has 0 bridgehead atoms. The second-order valence-corrected chi connectivity index (χ2v) is 9.51. The van der Waals surface area contributed by atoms with Gasteiger partial charge >= 0.3 is 0 Å². The molecule has 0 unspecified atom stereocenters. The van der Waals surface area contributed by atoms with E-state index in [1.165, 1.54) is 10.5 Å². The van der Waals surface area contributed by atoms with Crippen LogP contribution in [0.5, 0.6) is 0 Å². The monoisotopic (exact) mass is 502 g/mol. The number of carbonyl (C=O) groups excluding carboxylic acids is 2. The second-order valence-electron chi connectivity index (χ2n) is 9.51. The molecule has 0 aliphatic carbocycles. The van der Waals surface area contributed by atoms with Gasteiger partial charge < -0.3 is 10.2 Å². The highest BCUT2D eigenvalue weighted by molar-refractivity contribution is 6.10. The van der Waals surface area contributed by atoms with Crippen LogP contribution in [0.3, 0.4) is 0 Å². The lowest BCUT2D eigenvalue weighted by molar-refractivity contribution is -0.130. The van der Waals surface area contributed by atoms with Gasteiger partial charge in [0, 0.05) is 19.2 Å². The number of guanidine groups is 1. The zero-order valence-corrected chi connectivity index (χ0v) is 21.3. The number of nitrogens with zero attached hydrogens (tertiary/aromatic N) is 2. The molecule has 1 fully saturated rings. The SMILES string of the molecule is CN(CCc1ccccc1)C(=O)c1cccc(CN2C(=N)NC(c3ccccc3)(c3ccccc3)C2=O)c1. The molecular formula is C32H30N4O2. The summed E-state index contributed by atoms with van der Waals surface area (Å²) in [6.07, 6.45) is 0.773. The maximum absolute atomic E-state index is 14.0. The Kier molecular flexibility index (Phi) is 7.05. The van der Waals surface area contributed by atoms with Crippen molar-refractivity contribution in [2.45, 2.75) is 18.5 Å². The van der Waals surface area contributed by atoms with Gasteiger partial charge in [-0.3, -0.25) is 19.9 Å². The van der Waals surface area contributed by atoms with E-state index in [2.05, 4.69) is 17.4 Å². The topological polar surface area (TPSA) is 76.5 Å². The molecule has 6 heteroatoms. The van der Waals surface area contributed by atoms with Crippen molar-refractivity contribution in [3.8, 4) is 0 Å². The number of amides is 2. The second kappa shape index (κ2) is 10.7. The van der Waals surface area contributed by atoms with E-state index in [-0.39, 0.29) is 24.3 Å². The van der Waals surface area contributed by atoms with Crippen LogP contribution >= 0.6 is 0 Å². The average molecular weight is 503 g/mol. The molecule has 190 valence electrons. The van der Waals surface area contributed by atoms with E-state index < -0.39 is 5.54 Å². The van der Waals surface area contributed by atoms with Crippen molar-refractivity contribution in [1.29, 1.82) is 5.41 Å². The minimum atomic E-state index is -1.19. The number of rotatable bonds is 8. The third kappa shape index (κ3) is 4.81. The van der Waals surface area contributed by atoms with E-state index in [9.17, 15) is 9.59 Å². The Bertz CT molecular complexity index is 1400. The van der Waals surface area contributed by atoms with Gasteiger partial charge in [-0.15, -0.1) is 0 Å². The van der Waals surface area contributed by atoms with Gasteiger partial charge in [-0.25, -0.2) is 0 Å². The molecule has 2 amide bonds. The van der Waals surface area contributed by atoms with Gasteiger partial charge in [-0.05, 0) is 40.8 Å². The lowest BCUT2D eigenvalue weighted by Crippen LogP contribution is -2.45. The molecule has 1 heterocycles. The highest BCUT2D eigenvalue weighted by Gasteiger charge is 2.52. The van der Waals surface area contributed by atoms with Crippen LogP contribution in [0.4, 0.5) is 0 Å². The Morgan fingerprint density at radius 3 is 1.97 bits per heavy atom. The summed E-state index contributed by atoms with van der Waals surface area (Å²) in [6.45, 7) is 0.782. The first-order valence-corrected chi connectivity index (χ1v) is 12.7. The molecule has 0 radical (unpaired) electrons. The van der Waals surface area contributed by atoms with Gasteiger partial charge in [0.1, 0.15) is 0 Å². The molecule has 6 nitrogen and oxygen atoms in total. The van der Waals surface area contributed by atoms with Gasteiger partial charge in [-0.1, -0.05) is 103 Å². The molecule has 4 aromatic carbocycles. The molecule has 0 spiro atoms. The number of benzene rings is 4. The van der Waals surface area contributed by atoms with Crippen LogP contribution in [0.25, 0.3) is 0 Å². The van der Waals surface area contributed by atoms with Crippen molar-refractivity contribution < 1.29 is 9.59 Å². The maximum atomic E-state index is 14.0. The molecular weight excluding hydrogens is 472 g/mol. The number of carbonyl (C=O) groups is 2. The van der Waals surface area contributed by atoms with E-state index in [4.69, 9.17) is 5.41 Å². The molecule has 1 saturated heterocycles. The number of hydrogen-bond donors (Lipinski definition) is 2. The predicted molar refractivity (Wildman–Crippen MR) is 149 cm³/mol. The molecule has 0 saturated carbocycles. The Morgan fingerprint density at radius 2 is 1.37 bits per heavy atom. The lowest BCUT2D eigenvalue weighted by Gasteiger charge is -2.28. The van der Waals surface area contributed by atoms with E-state index in [1.807, 2.05) is 97.1 Å². The molecule has 38 heavy (non-hydrogen) atoms. The van der Waals surface area contributed by atoms with Gasteiger partial charge in [-0.2, -0.15) is 0 Å². The molecule has 2 N–H and O–H groups in total. The fourth-order valence-corrected chi connectivity index (χ4v) is 4.94. The number of likely N-dealkylation sites (N-methyl/N-ethyl adjacent to an activating group) is 1. The zero-order valence-electron chi connectivity index (χ0n) is 21.3. The molecule has 1 aliphatic heterocycles. The Balaban J connectivity index is 1.36. The summed E-state index contributed by atoms with van der Waals surface area (Å²) in [5.41, 5.74) is 2.87. The summed E-state index contributed by atoms with van der Waals surface area (Å²) in [5, 5.41) is 11.9. The summed E-state index contributed by atoms with van der Waals surface area (Å²) < 4.78 is 0. The fraction of sp³-hybridized carbons (Fsp3) is 0.156. The smallest absolute Gasteiger partial charge is 0.264 e. The molecule has 1 aliphatic rings. The summed E-state index contributed by atoms with van der Waals surface area (Å²) in [7, 11) is 1.80. The third-order valence-electron chi connectivity index (χ3n) is 7.00. The van der Waals surface area contributed by atoms with Crippen molar-refractivity contribution in [2.75, 3.05) is 13.6 Å². The highest BCUT2D eigenvalue weighted by Crippen LogP contribution is 2.36. The average Bonchev–Trinajstić information content (AvgIpc) is 3.23. The van der Waals surface area contributed by atoms with Gasteiger partial charge in [0.2, 0.25) is 0 Å². The van der Waals surface area contributed by atoms with Crippen molar-refractivity contribution in [1.82, 2.24) is 15.1 Å². The maximum Gasteiger partial charge on any atom is 0.264 e. The quantitative estimate of drug-likeness (QED) is 0.363. The zero-order chi connectivity index (χ0) is 26.5. The van der Waals surface area contributed by atoms with Crippen LogP contribution in [0.2, 0.25) is 0 Å². The predicted octanol–water partition coefficient (Wildman–Crippen LogP) is 4.81. The Labute approximate surface area is 223 Å². The minimum Gasteiger partial charge on any atom is -0.341 e. The Morgan fingerprint density at radius 1 is 0.816 bits per heavy atom. The van der Waals surface area contributed by atoms with Crippen LogP contribution in [0, 0.1) is 5.41 Å². The number of hydrogen-bond acceptors (Lipinski definition) is 3. The standard InChI is InChI=1S/C32H30N4O2/c1-35(21-20-24-12-5-2-6-13-24)29(37)26-15-11-14-25(22-26)23-36-30(38)32(34-31(36)33,27-16-7-3-8-17-27)28-18-9-4-10-19-28/h2-19,22H,20-21,23H2,1H3,(H2,33,34). The molecule has 0 atom stereocenters. The van der Waals surface area contributed by atoms with Gasteiger partial charge in [0.25, 0.3) is 11.8 Å².